The Labute approximate surface area is 166 Å². The van der Waals surface area contributed by atoms with Crippen molar-refractivity contribution in [3.05, 3.63) is 40.2 Å². The van der Waals surface area contributed by atoms with Gasteiger partial charge in [-0.05, 0) is 56.5 Å². The molecule has 0 atom stereocenters. The van der Waals surface area contributed by atoms with Gasteiger partial charge in [0.25, 0.3) is 5.56 Å². The van der Waals surface area contributed by atoms with Crippen molar-refractivity contribution in [1.82, 2.24) is 20.1 Å². The fourth-order valence-electron chi connectivity index (χ4n) is 2.66. The molecule has 0 aliphatic heterocycles. The lowest BCUT2D eigenvalue weighted by molar-refractivity contribution is 0.321. The number of aromatic nitrogens is 1. The molecule has 6 nitrogen and oxygen atoms in total. The molecule has 27 heavy (non-hydrogen) atoms. The Bertz CT molecular complexity index is 832. The maximum absolute atomic E-state index is 12.6. The molecule has 0 unspecified atom stereocenters. The van der Waals surface area contributed by atoms with E-state index in [0.29, 0.717) is 23.1 Å². The number of pyridine rings is 1. The summed E-state index contributed by atoms with van der Waals surface area (Å²) in [5.74, 6) is 1.26. The van der Waals surface area contributed by atoms with E-state index in [1.54, 1.807) is 7.11 Å². The molecule has 1 heterocycles. The molecule has 1 aromatic carbocycles. The molecule has 0 saturated carbocycles. The van der Waals surface area contributed by atoms with Crippen molar-refractivity contribution >= 4 is 28.2 Å². The molecule has 0 bridgehead atoms. The number of ether oxygens (including phenoxy) is 1. The fraction of sp³-hybridized carbons (Fsp3) is 0.500. The molecule has 0 fully saturated rings. The minimum Gasteiger partial charge on any atom is -0.497 e. The minimum atomic E-state index is -0.0887. The molecule has 7 heteroatoms. The van der Waals surface area contributed by atoms with E-state index in [1.807, 2.05) is 43.3 Å². The second-order valence-electron chi connectivity index (χ2n) is 7.38. The highest BCUT2D eigenvalue weighted by Gasteiger charge is 2.14. The Morgan fingerprint density at radius 1 is 1.26 bits per heavy atom. The van der Waals surface area contributed by atoms with Gasteiger partial charge >= 0.3 is 0 Å². The van der Waals surface area contributed by atoms with Gasteiger partial charge in [0, 0.05) is 36.1 Å². The summed E-state index contributed by atoms with van der Waals surface area (Å²) in [5.41, 5.74) is 1.39. The maximum atomic E-state index is 12.6. The van der Waals surface area contributed by atoms with E-state index >= 15 is 0 Å². The fourth-order valence-corrected chi connectivity index (χ4v) is 2.90. The smallest absolute Gasteiger partial charge is 0.253 e. The second kappa shape index (κ2) is 9.71. The number of hydrogen-bond acceptors (Lipinski definition) is 4. The van der Waals surface area contributed by atoms with E-state index in [1.165, 1.54) is 0 Å². The van der Waals surface area contributed by atoms with E-state index in [2.05, 4.69) is 29.0 Å². The van der Waals surface area contributed by atoms with Gasteiger partial charge < -0.3 is 24.8 Å². The summed E-state index contributed by atoms with van der Waals surface area (Å²) in [5, 5.41) is 4.93. The zero-order chi connectivity index (χ0) is 20.0. The number of thiocarbonyl (C=S) groups is 1. The molecular formula is C20H30N4O2S. The van der Waals surface area contributed by atoms with Crippen LogP contribution in [0.5, 0.6) is 5.75 Å². The van der Waals surface area contributed by atoms with Crippen LogP contribution in [0.15, 0.2) is 29.1 Å². The third kappa shape index (κ3) is 6.22. The number of methoxy groups -OCH3 is 1. The van der Waals surface area contributed by atoms with Crippen LogP contribution >= 0.6 is 12.2 Å². The van der Waals surface area contributed by atoms with Gasteiger partial charge in [-0.15, -0.1) is 0 Å². The minimum absolute atomic E-state index is 0.0887. The van der Waals surface area contributed by atoms with E-state index in [0.717, 1.165) is 36.3 Å². The van der Waals surface area contributed by atoms with Gasteiger partial charge in [0.15, 0.2) is 5.11 Å². The van der Waals surface area contributed by atoms with Gasteiger partial charge in [0.2, 0.25) is 0 Å². The molecule has 0 aliphatic carbocycles. The molecule has 148 valence electrons. The Morgan fingerprint density at radius 3 is 2.63 bits per heavy atom. The van der Waals surface area contributed by atoms with Crippen LogP contribution < -0.4 is 15.6 Å². The summed E-state index contributed by atoms with van der Waals surface area (Å²) in [6.07, 6.45) is 0. The van der Waals surface area contributed by atoms with Crippen molar-refractivity contribution in [2.45, 2.75) is 20.4 Å². The highest BCUT2D eigenvalue weighted by atomic mass is 32.1. The zero-order valence-corrected chi connectivity index (χ0v) is 17.7. The lowest BCUT2D eigenvalue weighted by Gasteiger charge is -2.27. The summed E-state index contributed by atoms with van der Waals surface area (Å²) in [6.45, 7) is 7.14. The van der Waals surface area contributed by atoms with Crippen molar-refractivity contribution in [3.8, 4) is 5.75 Å². The molecule has 2 rings (SSSR count). The number of benzene rings is 1. The van der Waals surface area contributed by atoms with Crippen LogP contribution in [0.3, 0.4) is 0 Å². The number of hydrogen-bond donors (Lipinski definition) is 2. The van der Waals surface area contributed by atoms with E-state index < -0.39 is 0 Å². The van der Waals surface area contributed by atoms with Crippen LogP contribution in [0.2, 0.25) is 0 Å². The Balaban J connectivity index is 2.27. The first-order valence-corrected chi connectivity index (χ1v) is 9.58. The van der Waals surface area contributed by atoms with Crippen LogP contribution in [0.1, 0.15) is 19.4 Å². The van der Waals surface area contributed by atoms with Gasteiger partial charge in [-0.3, -0.25) is 4.79 Å². The molecule has 2 aromatic rings. The monoisotopic (exact) mass is 390 g/mol. The SMILES string of the molecule is COc1ccc2[nH]c(=O)c(CN(CCN(C)C)C(=S)NCC(C)C)cc2c1. The number of likely N-dealkylation sites (N-methyl/N-ethyl adjacent to an activating group) is 1. The number of nitrogens with one attached hydrogen (secondary N) is 2. The third-order valence-corrected chi connectivity index (χ3v) is 4.66. The van der Waals surface area contributed by atoms with Gasteiger partial charge in [-0.2, -0.15) is 0 Å². The van der Waals surface area contributed by atoms with Crippen LogP contribution in [-0.2, 0) is 6.54 Å². The molecule has 0 radical (unpaired) electrons. The van der Waals surface area contributed by atoms with Crippen molar-refractivity contribution in [1.29, 1.82) is 0 Å². The summed E-state index contributed by atoms with van der Waals surface area (Å²) in [6, 6.07) is 7.54. The zero-order valence-electron chi connectivity index (χ0n) is 16.8. The third-order valence-electron chi connectivity index (χ3n) is 4.26. The summed E-state index contributed by atoms with van der Waals surface area (Å²) in [7, 11) is 5.69. The molecule has 0 aliphatic rings. The molecular weight excluding hydrogens is 360 g/mol. The Kier molecular flexibility index (Phi) is 7.62. The summed E-state index contributed by atoms with van der Waals surface area (Å²) < 4.78 is 5.29. The highest BCUT2D eigenvalue weighted by molar-refractivity contribution is 7.80. The predicted octanol–water partition coefficient (Wildman–Crippen LogP) is 2.43. The number of fused-ring (bicyclic) bond motifs is 1. The molecule has 0 spiro atoms. The predicted molar refractivity (Wildman–Crippen MR) is 116 cm³/mol. The first-order chi connectivity index (χ1) is 12.8. The molecule has 1 aromatic heterocycles. The number of nitrogens with zero attached hydrogens (tertiary/aromatic N) is 2. The number of H-pyrrole nitrogens is 1. The average Bonchev–Trinajstić information content (AvgIpc) is 2.62. The lowest BCUT2D eigenvalue weighted by Crippen LogP contribution is -2.44. The van der Waals surface area contributed by atoms with Crippen molar-refractivity contribution in [2.75, 3.05) is 40.8 Å². The van der Waals surface area contributed by atoms with E-state index in [4.69, 9.17) is 17.0 Å². The van der Waals surface area contributed by atoms with Crippen LogP contribution in [0.4, 0.5) is 0 Å². The van der Waals surface area contributed by atoms with Crippen molar-refractivity contribution < 1.29 is 4.74 Å². The second-order valence-corrected chi connectivity index (χ2v) is 7.77. The van der Waals surface area contributed by atoms with Crippen molar-refractivity contribution in [2.24, 2.45) is 5.92 Å². The largest absolute Gasteiger partial charge is 0.497 e. The highest BCUT2D eigenvalue weighted by Crippen LogP contribution is 2.19. The average molecular weight is 391 g/mol. The molecule has 0 amide bonds. The van der Waals surface area contributed by atoms with Crippen LogP contribution in [-0.4, -0.2) is 60.7 Å². The molecule has 2 N–H and O–H groups in total. The van der Waals surface area contributed by atoms with Gasteiger partial charge in [0.05, 0.1) is 13.7 Å². The van der Waals surface area contributed by atoms with Crippen LogP contribution in [0, 0.1) is 5.92 Å². The first kappa shape index (κ1) is 21.2. The summed E-state index contributed by atoms with van der Waals surface area (Å²) in [4.78, 5) is 19.7. The normalized spacial score (nSPS) is 11.2. The topological polar surface area (TPSA) is 60.6 Å². The van der Waals surface area contributed by atoms with Crippen LogP contribution in [0.25, 0.3) is 10.9 Å². The van der Waals surface area contributed by atoms with Gasteiger partial charge in [-0.25, -0.2) is 0 Å². The first-order valence-electron chi connectivity index (χ1n) is 9.17. The Hall–Kier alpha value is -2.12. The summed E-state index contributed by atoms with van der Waals surface area (Å²) >= 11 is 5.59. The quantitative estimate of drug-likeness (QED) is 0.675. The number of rotatable bonds is 8. The number of aromatic amines is 1. The van der Waals surface area contributed by atoms with Gasteiger partial charge in [0.1, 0.15) is 5.75 Å². The van der Waals surface area contributed by atoms with E-state index in [9.17, 15) is 4.79 Å². The standard InChI is InChI=1S/C20H30N4O2S/c1-14(2)12-21-20(27)24(9-8-23(3)4)13-16-10-15-11-17(26-5)6-7-18(15)22-19(16)25/h6-7,10-11,14H,8-9,12-13H2,1-5H3,(H,21,27)(H,22,25). The van der Waals surface area contributed by atoms with E-state index in [-0.39, 0.29) is 5.56 Å². The molecule has 0 saturated heterocycles. The van der Waals surface area contributed by atoms with Crippen molar-refractivity contribution in [3.63, 3.8) is 0 Å². The van der Waals surface area contributed by atoms with Gasteiger partial charge in [-0.1, -0.05) is 13.8 Å². The Morgan fingerprint density at radius 2 is 2.00 bits per heavy atom. The lowest BCUT2D eigenvalue weighted by atomic mass is 10.1. The maximum Gasteiger partial charge on any atom is 0.253 e.